The van der Waals surface area contributed by atoms with Crippen LogP contribution in [0, 0.1) is 0 Å². The SMILES string of the molecule is ClC(Cl)(Cl)SN1CSc2ccccc21.O=S1CN(SC(Cl)(Cl)Cl)c2ccccc21. The van der Waals surface area contributed by atoms with Crippen LogP contribution >= 0.6 is 105 Å². The van der Waals surface area contributed by atoms with E-state index in [-0.39, 0.29) is 0 Å². The molecule has 0 bridgehead atoms. The first-order chi connectivity index (χ1) is 13.5. The lowest BCUT2D eigenvalue weighted by Gasteiger charge is -2.20. The quantitative estimate of drug-likeness (QED) is 0.260. The van der Waals surface area contributed by atoms with E-state index in [1.54, 1.807) is 16.1 Å². The molecule has 0 radical (unpaired) electrons. The van der Waals surface area contributed by atoms with Crippen LogP contribution < -0.4 is 8.61 Å². The molecule has 2 aromatic rings. The monoisotopic (exact) mass is 586 g/mol. The Morgan fingerprint density at radius 2 is 1.38 bits per heavy atom. The molecule has 2 heterocycles. The average Bonchev–Trinajstić information content (AvgIpc) is 3.15. The second-order valence-corrected chi connectivity index (χ2v) is 16.3. The zero-order valence-electron chi connectivity index (χ0n) is 14.2. The van der Waals surface area contributed by atoms with E-state index in [0.717, 1.165) is 34.1 Å². The summed E-state index contributed by atoms with van der Waals surface area (Å²) in [5.41, 5.74) is 1.97. The van der Waals surface area contributed by atoms with Crippen molar-refractivity contribution >= 4 is 127 Å². The fourth-order valence-corrected chi connectivity index (χ4v) is 8.01. The van der Waals surface area contributed by atoms with E-state index in [2.05, 4.69) is 6.07 Å². The van der Waals surface area contributed by atoms with Gasteiger partial charge in [-0.2, -0.15) is 0 Å². The third-order valence-corrected chi connectivity index (χ3v) is 8.96. The number of rotatable bonds is 2. The number of fused-ring (bicyclic) bond motifs is 2. The summed E-state index contributed by atoms with van der Waals surface area (Å²) in [6, 6.07) is 15.5. The first kappa shape index (κ1) is 24.6. The molecule has 0 fully saturated rings. The van der Waals surface area contributed by atoms with Gasteiger partial charge in [0.1, 0.15) is 5.88 Å². The first-order valence-electron chi connectivity index (χ1n) is 7.79. The third-order valence-electron chi connectivity index (χ3n) is 3.51. The summed E-state index contributed by atoms with van der Waals surface area (Å²) < 4.78 is 12.7. The van der Waals surface area contributed by atoms with Crippen molar-refractivity contribution in [2.45, 2.75) is 16.0 Å². The van der Waals surface area contributed by atoms with E-state index >= 15 is 0 Å². The van der Waals surface area contributed by atoms with Crippen LogP contribution in [0.3, 0.4) is 0 Å². The minimum atomic E-state index is -1.43. The molecule has 29 heavy (non-hydrogen) atoms. The summed E-state index contributed by atoms with van der Waals surface area (Å²) in [5.74, 6) is 1.18. The summed E-state index contributed by atoms with van der Waals surface area (Å²) in [5, 5.41) is 0. The lowest BCUT2D eigenvalue weighted by molar-refractivity contribution is 0.686. The highest BCUT2D eigenvalue weighted by atomic mass is 35.6. The number of hydrogen-bond donors (Lipinski definition) is 0. The predicted molar refractivity (Wildman–Crippen MR) is 136 cm³/mol. The smallest absolute Gasteiger partial charge is 0.256 e. The average molecular weight is 589 g/mol. The maximum absolute atomic E-state index is 11.7. The molecule has 0 N–H and O–H groups in total. The Kier molecular flexibility index (Phi) is 8.73. The molecule has 4 rings (SSSR count). The van der Waals surface area contributed by atoms with Crippen molar-refractivity contribution in [3.63, 3.8) is 0 Å². The van der Waals surface area contributed by atoms with E-state index < -0.39 is 17.0 Å². The number of anilines is 2. The van der Waals surface area contributed by atoms with Crippen molar-refractivity contribution < 1.29 is 4.21 Å². The molecule has 2 aromatic carbocycles. The molecular weight excluding hydrogens is 577 g/mol. The van der Waals surface area contributed by atoms with E-state index in [9.17, 15) is 4.21 Å². The van der Waals surface area contributed by atoms with Gasteiger partial charge >= 0.3 is 0 Å². The molecule has 1 unspecified atom stereocenters. The van der Waals surface area contributed by atoms with Crippen molar-refractivity contribution in [3.05, 3.63) is 48.5 Å². The normalized spacial score (nSPS) is 18.2. The molecule has 3 nitrogen and oxygen atoms in total. The molecule has 0 spiro atoms. The molecule has 0 aromatic heterocycles. The van der Waals surface area contributed by atoms with Crippen LogP contribution in [0.5, 0.6) is 0 Å². The Balaban J connectivity index is 0.000000166. The van der Waals surface area contributed by atoms with Crippen molar-refractivity contribution in [2.24, 2.45) is 0 Å². The molecule has 2 aliphatic heterocycles. The topological polar surface area (TPSA) is 23.6 Å². The highest BCUT2D eigenvalue weighted by Crippen LogP contribution is 2.49. The Morgan fingerprint density at radius 1 is 0.828 bits per heavy atom. The van der Waals surface area contributed by atoms with E-state index in [1.165, 1.54) is 16.8 Å². The van der Waals surface area contributed by atoms with Gasteiger partial charge in [-0.05, 0) is 24.3 Å². The molecule has 0 amide bonds. The fourth-order valence-electron chi connectivity index (χ4n) is 2.49. The second-order valence-electron chi connectivity index (χ2n) is 5.51. The highest BCUT2D eigenvalue weighted by molar-refractivity contribution is 8.08. The Bertz CT molecular complexity index is 892. The zero-order valence-corrected chi connectivity index (χ0v) is 22.0. The lowest BCUT2D eigenvalue weighted by atomic mass is 10.3. The van der Waals surface area contributed by atoms with Crippen molar-refractivity contribution in [1.82, 2.24) is 0 Å². The number of alkyl halides is 6. The van der Waals surface area contributed by atoms with Gasteiger partial charge in [0, 0.05) is 28.8 Å². The molecule has 158 valence electrons. The first-order valence-corrected chi connectivity index (χ1v) is 13.9. The van der Waals surface area contributed by atoms with Crippen molar-refractivity contribution in [2.75, 3.05) is 20.4 Å². The van der Waals surface area contributed by atoms with Gasteiger partial charge in [0.05, 0.1) is 32.9 Å². The van der Waals surface area contributed by atoms with Crippen LogP contribution in [-0.2, 0) is 10.8 Å². The lowest BCUT2D eigenvalue weighted by Crippen LogP contribution is -2.16. The Labute approximate surface area is 214 Å². The third kappa shape index (κ3) is 7.24. The van der Waals surface area contributed by atoms with Gasteiger partial charge in [0.25, 0.3) is 6.25 Å². The van der Waals surface area contributed by atoms with Crippen LogP contribution in [0.4, 0.5) is 11.4 Å². The van der Waals surface area contributed by atoms with E-state index in [4.69, 9.17) is 69.6 Å². The maximum atomic E-state index is 11.7. The number of hydrogen-bond acceptors (Lipinski definition) is 6. The minimum absolute atomic E-state index is 0.359. The molecule has 13 heteroatoms. The second kappa shape index (κ2) is 10.3. The summed E-state index contributed by atoms with van der Waals surface area (Å²) in [4.78, 5) is 2.02. The summed E-state index contributed by atoms with van der Waals surface area (Å²) in [6.45, 7) is 0. The molecule has 0 saturated carbocycles. The molecule has 1 atom stereocenters. The fraction of sp³-hybridized carbons (Fsp3) is 0.250. The van der Waals surface area contributed by atoms with Gasteiger partial charge in [-0.3, -0.25) is 8.51 Å². The largest absolute Gasteiger partial charge is 0.301 e. The molecular formula is C16H12Cl6N2OS4. The van der Waals surface area contributed by atoms with Gasteiger partial charge in [0.15, 0.2) is 0 Å². The number of thioether (sulfide) groups is 1. The van der Waals surface area contributed by atoms with Gasteiger partial charge in [-0.15, -0.1) is 11.8 Å². The van der Waals surface area contributed by atoms with Crippen LogP contribution in [0.25, 0.3) is 0 Å². The summed E-state index contributed by atoms with van der Waals surface area (Å²) in [7, 11) is -1.03. The summed E-state index contributed by atoms with van der Waals surface area (Å²) >= 11 is 38.2. The number of halogens is 6. The zero-order chi connectivity index (χ0) is 21.2. The maximum Gasteiger partial charge on any atom is 0.256 e. The molecule has 2 aliphatic rings. The van der Waals surface area contributed by atoms with Crippen molar-refractivity contribution in [3.8, 4) is 0 Å². The Morgan fingerprint density at radius 3 is 2.03 bits per heavy atom. The predicted octanol–water partition coefficient (Wildman–Crippen LogP) is 8.08. The molecule has 0 saturated heterocycles. The van der Waals surface area contributed by atoms with Gasteiger partial charge in [-0.1, -0.05) is 93.9 Å². The highest BCUT2D eigenvalue weighted by Gasteiger charge is 2.33. The number of benzene rings is 2. The van der Waals surface area contributed by atoms with Crippen LogP contribution in [0.2, 0.25) is 0 Å². The minimum Gasteiger partial charge on any atom is -0.301 e. The van der Waals surface area contributed by atoms with E-state index in [1.807, 2.05) is 46.8 Å². The van der Waals surface area contributed by atoms with Gasteiger partial charge in [-0.25, -0.2) is 0 Å². The van der Waals surface area contributed by atoms with Crippen LogP contribution in [-0.4, -0.2) is 22.2 Å². The van der Waals surface area contributed by atoms with Gasteiger partial charge in [0.2, 0.25) is 0 Å². The standard InChI is InChI=1S/C8H6Cl3NOS2.C8H6Cl3NS2/c9-8(10,11)14-12-5-15(13)7-4-2-1-3-6(7)12;9-8(10,11)14-12-5-13-7-4-2-1-3-6(7)12/h1-4H,5H2;1-4H,5H2. The van der Waals surface area contributed by atoms with Crippen molar-refractivity contribution in [1.29, 1.82) is 0 Å². The van der Waals surface area contributed by atoms with Crippen LogP contribution in [0.15, 0.2) is 58.3 Å². The summed E-state index contributed by atoms with van der Waals surface area (Å²) in [6.07, 6.45) is 0. The molecule has 0 aliphatic carbocycles. The van der Waals surface area contributed by atoms with E-state index in [0.29, 0.717) is 5.88 Å². The van der Waals surface area contributed by atoms with Crippen LogP contribution in [0.1, 0.15) is 0 Å². The Hall–Kier alpha value is 0.980. The number of nitrogens with zero attached hydrogens (tertiary/aromatic N) is 2. The number of para-hydroxylation sites is 2. The van der Waals surface area contributed by atoms with Gasteiger partial charge < -0.3 is 4.31 Å².